The van der Waals surface area contributed by atoms with Crippen molar-refractivity contribution in [1.82, 2.24) is 20.1 Å². The lowest BCUT2D eigenvalue weighted by Crippen LogP contribution is -2.25. The molecule has 0 atom stereocenters. The smallest absolute Gasteiger partial charge is 0.251 e. The fraction of sp³-hybridized carbons (Fsp3) is 0.158. The molecule has 0 aliphatic rings. The minimum atomic E-state index is -0.174. The molecule has 7 nitrogen and oxygen atoms in total. The Kier molecular flexibility index (Phi) is 6.17. The summed E-state index contributed by atoms with van der Waals surface area (Å²) in [6.45, 7) is 0.409. The maximum absolute atomic E-state index is 12.2. The highest BCUT2D eigenvalue weighted by Gasteiger charge is 2.10. The van der Waals surface area contributed by atoms with E-state index in [9.17, 15) is 9.59 Å². The van der Waals surface area contributed by atoms with Gasteiger partial charge in [-0.1, -0.05) is 29.8 Å². The lowest BCUT2D eigenvalue weighted by molar-refractivity contribution is -0.116. The Hall–Kier alpha value is -3.19. The van der Waals surface area contributed by atoms with Crippen molar-refractivity contribution in [2.75, 3.05) is 11.9 Å². The van der Waals surface area contributed by atoms with Gasteiger partial charge < -0.3 is 10.6 Å². The molecule has 0 saturated carbocycles. The fourth-order valence-corrected chi connectivity index (χ4v) is 2.67. The second-order valence-corrected chi connectivity index (χ2v) is 6.21. The molecule has 3 rings (SSSR count). The molecule has 0 spiro atoms. The lowest BCUT2D eigenvalue weighted by Gasteiger charge is -2.11. The number of nitrogens with zero attached hydrogens (tertiary/aromatic N) is 3. The normalized spacial score (nSPS) is 10.4. The zero-order valence-corrected chi connectivity index (χ0v) is 15.2. The quantitative estimate of drug-likeness (QED) is 0.613. The number of nitrogens with one attached hydrogen (secondary N) is 2. The Labute approximate surface area is 161 Å². The van der Waals surface area contributed by atoms with Gasteiger partial charge in [-0.05, 0) is 36.8 Å². The Balaban J connectivity index is 1.51. The molecular formula is C19H18ClN5O2. The van der Waals surface area contributed by atoms with Crippen LogP contribution < -0.4 is 10.6 Å². The number of amides is 2. The molecule has 1 heterocycles. The second-order valence-electron chi connectivity index (χ2n) is 5.78. The second kappa shape index (κ2) is 8.95. The summed E-state index contributed by atoms with van der Waals surface area (Å²) in [6.07, 6.45) is 3.73. The molecule has 0 fully saturated rings. The van der Waals surface area contributed by atoms with Gasteiger partial charge in [-0.2, -0.15) is 5.10 Å². The van der Waals surface area contributed by atoms with Gasteiger partial charge in [0.05, 0.1) is 11.4 Å². The van der Waals surface area contributed by atoms with E-state index in [1.165, 1.54) is 12.7 Å². The Morgan fingerprint density at radius 2 is 1.93 bits per heavy atom. The summed E-state index contributed by atoms with van der Waals surface area (Å²) in [4.78, 5) is 28.1. The van der Waals surface area contributed by atoms with Gasteiger partial charge in [-0.25, -0.2) is 9.67 Å². The Bertz CT molecular complexity index is 913. The number of carbonyl (C=O) groups excluding carboxylic acids is 2. The highest BCUT2D eigenvalue weighted by molar-refractivity contribution is 6.31. The van der Waals surface area contributed by atoms with Crippen LogP contribution >= 0.6 is 11.6 Å². The number of hydrogen-bond donors (Lipinski definition) is 2. The maximum atomic E-state index is 12.2. The average Bonchev–Trinajstić information content (AvgIpc) is 3.20. The maximum Gasteiger partial charge on any atom is 0.251 e. The van der Waals surface area contributed by atoms with Crippen molar-refractivity contribution in [1.29, 1.82) is 0 Å². The van der Waals surface area contributed by atoms with E-state index in [0.29, 0.717) is 34.9 Å². The summed E-state index contributed by atoms with van der Waals surface area (Å²) in [6, 6.07) is 14.1. The van der Waals surface area contributed by atoms with E-state index in [4.69, 9.17) is 11.6 Å². The van der Waals surface area contributed by atoms with Crippen LogP contribution in [-0.4, -0.2) is 33.1 Å². The average molecular weight is 384 g/mol. The number of hydrogen-bond acceptors (Lipinski definition) is 4. The topological polar surface area (TPSA) is 88.9 Å². The first kappa shape index (κ1) is 18.6. The van der Waals surface area contributed by atoms with Crippen LogP contribution in [0, 0.1) is 0 Å². The van der Waals surface area contributed by atoms with Crippen molar-refractivity contribution in [2.45, 2.75) is 12.8 Å². The summed E-state index contributed by atoms with van der Waals surface area (Å²) in [5.74, 6) is -0.327. The summed E-state index contributed by atoms with van der Waals surface area (Å²) in [5, 5.41) is 10.2. The highest BCUT2D eigenvalue weighted by Crippen LogP contribution is 2.24. The standard InChI is InChI=1S/C19H18ClN5O2/c20-15-8-9-17(25-13-21-12-23-25)16(11-15)24-18(26)7-4-10-22-19(27)14-5-2-1-3-6-14/h1-3,5-6,8-9,11-13H,4,7,10H2,(H,22,27)(H,24,26). The molecule has 2 aromatic carbocycles. The van der Waals surface area contributed by atoms with Gasteiger partial charge in [0.15, 0.2) is 0 Å². The molecule has 0 radical (unpaired) electrons. The van der Waals surface area contributed by atoms with Crippen LogP contribution in [0.25, 0.3) is 5.69 Å². The van der Waals surface area contributed by atoms with E-state index in [-0.39, 0.29) is 18.2 Å². The zero-order chi connectivity index (χ0) is 19.1. The molecule has 0 aliphatic heterocycles. The molecule has 0 bridgehead atoms. The van der Waals surface area contributed by atoms with E-state index in [1.807, 2.05) is 6.07 Å². The first-order valence-corrected chi connectivity index (χ1v) is 8.79. The molecule has 1 aromatic heterocycles. The van der Waals surface area contributed by atoms with Crippen molar-refractivity contribution < 1.29 is 9.59 Å². The predicted molar refractivity (Wildman–Crippen MR) is 103 cm³/mol. The summed E-state index contributed by atoms with van der Waals surface area (Å²) in [7, 11) is 0. The molecule has 2 N–H and O–H groups in total. The van der Waals surface area contributed by atoms with Gasteiger partial charge in [-0.15, -0.1) is 0 Å². The van der Waals surface area contributed by atoms with E-state index < -0.39 is 0 Å². The van der Waals surface area contributed by atoms with Crippen LogP contribution in [0.15, 0.2) is 61.2 Å². The van der Waals surface area contributed by atoms with Crippen molar-refractivity contribution in [3.63, 3.8) is 0 Å². The summed E-state index contributed by atoms with van der Waals surface area (Å²) < 4.78 is 1.55. The molecule has 2 amide bonds. The van der Waals surface area contributed by atoms with Crippen LogP contribution in [0.2, 0.25) is 5.02 Å². The predicted octanol–water partition coefficient (Wildman–Crippen LogP) is 3.07. The van der Waals surface area contributed by atoms with E-state index in [1.54, 1.807) is 47.1 Å². The van der Waals surface area contributed by atoms with Gasteiger partial charge in [0, 0.05) is 23.6 Å². The van der Waals surface area contributed by atoms with Crippen molar-refractivity contribution in [3.8, 4) is 5.69 Å². The lowest BCUT2D eigenvalue weighted by atomic mass is 10.2. The minimum absolute atomic E-state index is 0.153. The first-order chi connectivity index (χ1) is 13.1. The number of benzene rings is 2. The van der Waals surface area contributed by atoms with E-state index in [0.717, 1.165) is 0 Å². The van der Waals surface area contributed by atoms with E-state index in [2.05, 4.69) is 20.7 Å². The molecule has 3 aromatic rings. The van der Waals surface area contributed by atoms with Crippen LogP contribution in [0.4, 0.5) is 5.69 Å². The van der Waals surface area contributed by atoms with Crippen LogP contribution in [0.1, 0.15) is 23.2 Å². The number of carbonyl (C=O) groups is 2. The van der Waals surface area contributed by atoms with Gasteiger partial charge >= 0.3 is 0 Å². The zero-order valence-electron chi connectivity index (χ0n) is 14.4. The number of aromatic nitrogens is 3. The van der Waals surface area contributed by atoms with Gasteiger partial charge in [0.1, 0.15) is 12.7 Å². The Morgan fingerprint density at radius 1 is 1.11 bits per heavy atom. The fourth-order valence-electron chi connectivity index (χ4n) is 2.50. The molecule has 27 heavy (non-hydrogen) atoms. The molecule has 0 unspecified atom stereocenters. The molecule has 0 aliphatic carbocycles. The van der Waals surface area contributed by atoms with E-state index >= 15 is 0 Å². The van der Waals surface area contributed by atoms with Crippen molar-refractivity contribution in [3.05, 3.63) is 71.8 Å². The largest absolute Gasteiger partial charge is 0.352 e. The first-order valence-electron chi connectivity index (χ1n) is 8.41. The minimum Gasteiger partial charge on any atom is -0.352 e. The van der Waals surface area contributed by atoms with Gasteiger partial charge in [0.2, 0.25) is 5.91 Å². The number of halogens is 1. The number of anilines is 1. The van der Waals surface area contributed by atoms with Crippen LogP contribution in [0.3, 0.4) is 0 Å². The molecular weight excluding hydrogens is 366 g/mol. The van der Waals surface area contributed by atoms with Crippen LogP contribution in [0.5, 0.6) is 0 Å². The number of rotatable bonds is 7. The molecule has 0 saturated heterocycles. The highest BCUT2D eigenvalue weighted by atomic mass is 35.5. The van der Waals surface area contributed by atoms with Crippen LogP contribution in [-0.2, 0) is 4.79 Å². The third-order valence-corrected chi connectivity index (χ3v) is 4.04. The van der Waals surface area contributed by atoms with Gasteiger partial charge in [0.25, 0.3) is 5.91 Å². The van der Waals surface area contributed by atoms with Gasteiger partial charge in [-0.3, -0.25) is 9.59 Å². The SMILES string of the molecule is O=C(CCCNC(=O)c1ccccc1)Nc1cc(Cl)ccc1-n1cncn1. The van der Waals surface area contributed by atoms with Crippen molar-refractivity contribution in [2.24, 2.45) is 0 Å². The molecule has 8 heteroatoms. The Morgan fingerprint density at radius 3 is 2.67 bits per heavy atom. The monoisotopic (exact) mass is 383 g/mol. The van der Waals surface area contributed by atoms with Crippen molar-refractivity contribution >= 4 is 29.1 Å². The summed E-state index contributed by atoms with van der Waals surface area (Å²) in [5.41, 5.74) is 1.81. The third kappa shape index (κ3) is 5.15. The third-order valence-electron chi connectivity index (χ3n) is 3.80. The molecule has 138 valence electrons. The summed E-state index contributed by atoms with van der Waals surface area (Å²) >= 11 is 6.04.